The van der Waals surface area contributed by atoms with Gasteiger partial charge in [-0.1, -0.05) is 22.0 Å². The van der Waals surface area contributed by atoms with Gasteiger partial charge in [0, 0.05) is 36.6 Å². The monoisotopic (exact) mass is 352 g/mol. The molecule has 114 valence electrons. The summed E-state index contributed by atoms with van der Waals surface area (Å²) in [7, 11) is 0. The predicted molar refractivity (Wildman–Crippen MR) is 85.2 cm³/mol. The van der Waals surface area contributed by atoms with Gasteiger partial charge in [0.15, 0.2) is 0 Å². The number of carbonyl (C=O) groups is 1. The SMILES string of the molecule is O=C(CCNC1CCc2cc(Br)ccc21)N1CCOCC1. The third-order valence-corrected chi connectivity index (χ3v) is 4.77. The molecular formula is C16H21BrN2O2. The maximum Gasteiger partial charge on any atom is 0.224 e. The zero-order chi connectivity index (χ0) is 14.7. The summed E-state index contributed by atoms with van der Waals surface area (Å²) < 4.78 is 6.41. The number of hydrogen-bond acceptors (Lipinski definition) is 3. The van der Waals surface area contributed by atoms with Crippen LogP contribution in [0.5, 0.6) is 0 Å². The molecule has 1 aliphatic heterocycles. The van der Waals surface area contributed by atoms with Crippen molar-refractivity contribution in [2.24, 2.45) is 0 Å². The number of nitrogens with zero attached hydrogens (tertiary/aromatic N) is 1. The number of ether oxygens (including phenoxy) is 1. The molecule has 0 saturated carbocycles. The Morgan fingerprint density at radius 3 is 3.00 bits per heavy atom. The molecule has 0 bridgehead atoms. The van der Waals surface area contributed by atoms with Crippen LogP contribution in [0.1, 0.15) is 30.0 Å². The van der Waals surface area contributed by atoms with Gasteiger partial charge in [-0.3, -0.25) is 4.79 Å². The summed E-state index contributed by atoms with van der Waals surface area (Å²) in [6.45, 7) is 3.56. The van der Waals surface area contributed by atoms with Crippen molar-refractivity contribution < 1.29 is 9.53 Å². The van der Waals surface area contributed by atoms with E-state index < -0.39 is 0 Å². The number of carbonyl (C=O) groups excluding carboxylic acids is 1. The van der Waals surface area contributed by atoms with Crippen LogP contribution < -0.4 is 5.32 Å². The molecule has 1 aromatic rings. The third kappa shape index (κ3) is 3.65. The molecule has 0 aromatic heterocycles. The van der Waals surface area contributed by atoms with Crippen molar-refractivity contribution in [3.8, 4) is 0 Å². The van der Waals surface area contributed by atoms with Crippen molar-refractivity contribution in [1.29, 1.82) is 0 Å². The molecule has 1 heterocycles. The van der Waals surface area contributed by atoms with E-state index in [2.05, 4.69) is 39.4 Å². The zero-order valence-corrected chi connectivity index (χ0v) is 13.7. The van der Waals surface area contributed by atoms with Gasteiger partial charge >= 0.3 is 0 Å². The van der Waals surface area contributed by atoms with E-state index in [0.717, 1.165) is 36.9 Å². The van der Waals surface area contributed by atoms with E-state index >= 15 is 0 Å². The summed E-state index contributed by atoms with van der Waals surface area (Å²) in [5.74, 6) is 0.236. The van der Waals surface area contributed by atoms with Crippen LogP contribution in [0.2, 0.25) is 0 Å². The first-order valence-electron chi connectivity index (χ1n) is 7.61. The molecule has 1 atom stereocenters. The minimum Gasteiger partial charge on any atom is -0.378 e. The molecule has 1 fully saturated rings. The highest BCUT2D eigenvalue weighted by atomic mass is 79.9. The molecule has 0 radical (unpaired) electrons. The summed E-state index contributed by atoms with van der Waals surface area (Å²) in [6.07, 6.45) is 2.81. The van der Waals surface area contributed by atoms with Gasteiger partial charge < -0.3 is 15.0 Å². The molecule has 5 heteroatoms. The average molecular weight is 353 g/mol. The van der Waals surface area contributed by atoms with E-state index in [0.29, 0.717) is 25.7 Å². The van der Waals surface area contributed by atoms with Crippen molar-refractivity contribution in [2.75, 3.05) is 32.8 Å². The fourth-order valence-corrected chi connectivity index (χ4v) is 3.53. The molecule has 1 amide bonds. The zero-order valence-electron chi connectivity index (χ0n) is 12.1. The van der Waals surface area contributed by atoms with Crippen LogP contribution in [0.25, 0.3) is 0 Å². The molecule has 21 heavy (non-hydrogen) atoms. The van der Waals surface area contributed by atoms with Crippen molar-refractivity contribution in [3.63, 3.8) is 0 Å². The topological polar surface area (TPSA) is 41.6 Å². The second kappa shape index (κ2) is 6.90. The van der Waals surface area contributed by atoms with Crippen LogP contribution in [-0.2, 0) is 16.0 Å². The third-order valence-electron chi connectivity index (χ3n) is 4.28. The average Bonchev–Trinajstić information content (AvgIpc) is 2.90. The molecule has 3 rings (SSSR count). The van der Waals surface area contributed by atoms with Crippen LogP contribution in [-0.4, -0.2) is 43.7 Å². The molecule has 1 saturated heterocycles. The summed E-state index contributed by atoms with van der Waals surface area (Å²) in [5, 5.41) is 3.53. The summed E-state index contributed by atoms with van der Waals surface area (Å²) >= 11 is 3.52. The van der Waals surface area contributed by atoms with Gasteiger partial charge in [0.25, 0.3) is 0 Å². The number of morpholine rings is 1. The Bertz CT molecular complexity index is 515. The largest absolute Gasteiger partial charge is 0.378 e. The smallest absolute Gasteiger partial charge is 0.224 e. The van der Waals surface area contributed by atoms with Crippen molar-refractivity contribution in [1.82, 2.24) is 10.2 Å². The number of halogens is 1. The van der Waals surface area contributed by atoms with Gasteiger partial charge in [0.1, 0.15) is 0 Å². The standard InChI is InChI=1S/C16H21BrN2O2/c17-13-2-3-14-12(11-13)1-4-15(14)18-6-5-16(20)19-7-9-21-10-8-19/h2-3,11,15,18H,1,4-10H2. The highest BCUT2D eigenvalue weighted by molar-refractivity contribution is 9.10. The number of hydrogen-bond donors (Lipinski definition) is 1. The summed E-state index contributed by atoms with van der Waals surface area (Å²) in [6, 6.07) is 6.88. The lowest BCUT2D eigenvalue weighted by Gasteiger charge is -2.27. The van der Waals surface area contributed by atoms with E-state index in [9.17, 15) is 4.79 Å². The molecular weight excluding hydrogens is 332 g/mol. The predicted octanol–water partition coefficient (Wildman–Crippen LogP) is 2.27. The highest BCUT2D eigenvalue weighted by Crippen LogP contribution is 2.32. The van der Waals surface area contributed by atoms with E-state index in [1.54, 1.807) is 0 Å². The fraction of sp³-hybridized carbons (Fsp3) is 0.562. The van der Waals surface area contributed by atoms with E-state index in [1.165, 1.54) is 11.1 Å². The number of nitrogens with one attached hydrogen (secondary N) is 1. The van der Waals surface area contributed by atoms with Crippen molar-refractivity contribution >= 4 is 21.8 Å². The van der Waals surface area contributed by atoms with Crippen LogP contribution in [0.15, 0.2) is 22.7 Å². The Morgan fingerprint density at radius 1 is 1.38 bits per heavy atom. The molecule has 1 N–H and O–H groups in total. The minimum atomic E-state index is 0.236. The maximum atomic E-state index is 12.1. The first-order chi connectivity index (χ1) is 10.2. The quantitative estimate of drug-likeness (QED) is 0.903. The molecule has 1 unspecified atom stereocenters. The van der Waals surface area contributed by atoms with Gasteiger partial charge in [-0.25, -0.2) is 0 Å². The number of benzene rings is 1. The van der Waals surface area contributed by atoms with Gasteiger partial charge in [-0.15, -0.1) is 0 Å². The van der Waals surface area contributed by atoms with Crippen LogP contribution >= 0.6 is 15.9 Å². The Kier molecular flexibility index (Phi) is 4.93. The van der Waals surface area contributed by atoms with Crippen molar-refractivity contribution in [2.45, 2.75) is 25.3 Å². The molecule has 1 aromatic carbocycles. The Hall–Kier alpha value is -0.910. The van der Waals surface area contributed by atoms with Crippen molar-refractivity contribution in [3.05, 3.63) is 33.8 Å². The maximum absolute atomic E-state index is 12.1. The second-order valence-electron chi connectivity index (χ2n) is 5.63. The van der Waals surface area contributed by atoms with Gasteiger partial charge in [-0.05, 0) is 36.1 Å². The van der Waals surface area contributed by atoms with Crippen LogP contribution in [0.4, 0.5) is 0 Å². The second-order valence-corrected chi connectivity index (χ2v) is 6.55. The minimum absolute atomic E-state index is 0.236. The molecule has 0 spiro atoms. The summed E-state index contributed by atoms with van der Waals surface area (Å²) in [4.78, 5) is 14.0. The van der Waals surface area contributed by atoms with Gasteiger partial charge in [0.05, 0.1) is 13.2 Å². The lowest BCUT2D eigenvalue weighted by Crippen LogP contribution is -2.41. The van der Waals surface area contributed by atoms with E-state index in [-0.39, 0.29) is 5.91 Å². The first-order valence-corrected chi connectivity index (χ1v) is 8.40. The Morgan fingerprint density at radius 2 is 2.19 bits per heavy atom. The Labute approximate surface area is 134 Å². The van der Waals surface area contributed by atoms with Crippen LogP contribution in [0, 0.1) is 0 Å². The molecule has 4 nitrogen and oxygen atoms in total. The number of fused-ring (bicyclic) bond motifs is 1. The fourth-order valence-electron chi connectivity index (χ4n) is 3.12. The van der Waals surface area contributed by atoms with Gasteiger partial charge in [0.2, 0.25) is 5.91 Å². The van der Waals surface area contributed by atoms with E-state index in [1.807, 2.05) is 4.90 Å². The summed E-state index contributed by atoms with van der Waals surface area (Å²) in [5.41, 5.74) is 2.80. The van der Waals surface area contributed by atoms with E-state index in [4.69, 9.17) is 4.74 Å². The number of amides is 1. The molecule has 2 aliphatic rings. The first kappa shape index (κ1) is 15.0. The highest BCUT2D eigenvalue weighted by Gasteiger charge is 2.22. The number of aryl methyl sites for hydroxylation is 1. The van der Waals surface area contributed by atoms with Crippen LogP contribution in [0.3, 0.4) is 0 Å². The normalized spacial score (nSPS) is 21.4. The molecule has 1 aliphatic carbocycles. The lowest BCUT2D eigenvalue weighted by molar-refractivity contribution is -0.135. The lowest BCUT2D eigenvalue weighted by atomic mass is 10.1. The Balaban J connectivity index is 1.47. The van der Waals surface area contributed by atoms with Gasteiger partial charge in [-0.2, -0.15) is 0 Å². The number of rotatable bonds is 4.